The number of methoxy groups -OCH3 is 2. The van der Waals surface area contributed by atoms with Crippen molar-refractivity contribution < 1.29 is 14.3 Å². The Bertz CT molecular complexity index is 1230. The molecule has 2 N–H and O–H groups in total. The summed E-state index contributed by atoms with van der Waals surface area (Å²) >= 11 is 0. The Labute approximate surface area is 205 Å². The van der Waals surface area contributed by atoms with Gasteiger partial charge in [0.25, 0.3) is 5.56 Å². The third-order valence-electron chi connectivity index (χ3n) is 6.38. The summed E-state index contributed by atoms with van der Waals surface area (Å²) in [5.74, 6) is 2.05. The van der Waals surface area contributed by atoms with Gasteiger partial charge in [0.2, 0.25) is 5.91 Å². The summed E-state index contributed by atoms with van der Waals surface area (Å²) in [4.78, 5) is 34.8. The molecule has 1 aromatic heterocycles. The van der Waals surface area contributed by atoms with Gasteiger partial charge in [-0.15, -0.1) is 0 Å². The van der Waals surface area contributed by atoms with E-state index in [9.17, 15) is 9.59 Å². The number of fused-ring (bicyclic) bond motifs is 1. The highest BCUT2D eigenvalue weighted by Gasteiger charge is 2.21. The number of likely N-dealkylation sites (tertiary alicyclic amines) is 1. The lowest BCUT2D eigenvalue weighted by Crippen LogP contribution is -2.44. The molecule has 1 amide bonds. The maximum atomic E-state index is 12.8. The van der Waals surface area contributed by atoms with Crippen LogP contribution in [-0.2, 0) is 11.3 Å². The molecule has 0 unspecified atom stereocenters. The molecular formula is C27H34N4O4. The fourth-order valence-corrected chi connectivity index (χ4v) is 4.55. The number of rotatable bonds is 8. The average molecular weight is 479 g/mol. The summed E-state index contributed by atoms with van der Waals surface area (Å²) in [5.41, 5.74) is 2.30. The Balaban J connectivity index is 1.41. The minimum absolute atomic E-state index is 0.159. The number of carbonyl (C=O) groups excluding carboxylic acids is 1. The summed E-state index contributed by atoms with van der Waals surface area (Å²) < 4.78 is 10.7. The van der Waals surface area contributed by atoms with E-state index >= 15 is 0 Å². The van der Waals surface area contributed by atoms with E-state index in [4.69, 9.17) is 9.47 Å². The number of aromatic amines is 1. The minimum atomic E-state index is -0.253. The molecule has 0 saturated carbocycles. The quantitative estimate of drug-likeness (QED) is 0.512. The molecule has 0 radical (unpaired) electrons. The van der Waals surface area contributed by atoms with Gasteiger partial charge in [0.1, 0.15) is 22.7 Å². The van der Waals surface area contributed by atoms with E-state index < -0.39 is 0 Å². The number of benzene rings is 2. The number of H-pyrrole nitrogens is 1. The van der Waals surface area contributed by atoms with Crippen molar-refractivity contribution in [2.75, 3.05) is 27.3 Å². The van der Waals surface area contributed by atoms with Crippen molar-refractivity contribution in [2.45, 2.75) is 45.7 Å². The number of hydrogen-bond acceptors (Lipinski definition) is 6. The van der Waals surface area contributed by atoms with Gasteiger partial charge in [-0.25, -0.2) is 4.98 Å². The summed E-state index contributed by atoms with van der Waals surface area (Å²) in [6, 6.07) is 11.8. The van der Waals surface area contributed by atoms with Crippen molar-refractivity contribution in [1.82, 2.24) is 20.2 Å². The maximum Gasteiger partial charge on any atom is 0.262 e. The third-order valence-corrected chi connectivity index (χ3v) is 6.38. The lowest BCUT2D eigenvalue weighted by atomic mass is 10.0. The number of aromatic nitrogens is 2. The van der Waals surface area contributed by atoms with Gasteiger partial charge < -0.3 is 19.8 Å². The first-order valence-corrected chi connectivity index (χ1v) is 12.1. The zero-order valence-corrected chi connectivity index (χ0v) is 20.9. The van der Waals surface area contributed by atoms with Gasteiger partial charge in [-0.05, 0) is 24.3 Å². The van der Waals surface area contributed by atoms with E-state index in [1.54, 1.807) is 19.2 Å². The normalized spacial score (nSPS) is 14.9. The highest BCUT2D eigenvalue weighted by molar-refractivity contribution is 5.87. The van der Waals surface area contributed by atoms with Crippen molar-refractivity contribution in [3.63, 3.8) is 0 Å². The van der Waals surface area contributed by atoms with Gasteiger partial charge in [-0.1, -0.05) is 38.1 Å². The maximum absolute atomic E-state index is 12.8. The highest BCUT2D eigenvalue weighted by atomic mass is 16.5. The zero-order valence-electron chi connectivity index (χ0n) is 20.9. The number of nitrogens with zero attached hydrogens (tertiary/aromatic N) is 2. The van der Waals surface area contributed by atoms with Gasteiger partial charge in [-0.2, -0.15) is 0 Å². The predicted molar refractivity (Wildman–Crippen MR) is 137 cm³/mol. The first-order chi connectivity index (χ1) is 16.9. The molecule has 2 heterocycles. The topological polar surface area (TPSA) is 96.5 Å². The lowest BCUT2D eigenvalue weighted by Gasteiger charge is -2.32. The van der Waals surface area contributed by atoms with E-state index in [1.807, 2.05) is 12.1 Å². The molecule has 2 aromatic carbocycles. The number of carbonyl (C=O) groups is 1. The van der Waals surface area contributed by atoms with Crippen LogP contribution in [0, 0.1) is 5.92 Å². The highest BCUT2D eigenvalue weighted by Crippen LogP contribution is 2.29. The van der Waals surface area contributed by atoms with Crippen LogP contribution in [0.3, 0.4) is 0 Å². The molecule has 35 heavy (non-hydrogen) atoms. The second kappa shape index (κ2) is 10.9. The molecule has 1 aliphatic rings. The van der Waals surface area contributed by atoms with Crippen LogP contribution >= 0.6 is 0 Å². The predicted octanol–water partition coefficient (Wildman–Crippen LogP) is 3.73. The largest absolute Gasteiger partial charge is 0.497 e. The fourth-order valence-electron chi connectivity index (χ4n) is 4.55. The van der Waals surface area contributed by atoms with E-state index in [-0.39, 0.29) is 17.5 Å². The Morgan fingerprint density at radius 1 is 1.14 bits per heavy atom. The van der Waals surface area contributed by atoms with Crippen LogP contribution in [0.4, 0.5) is 0 Å². The number of ether oxygens (including phenoxy) is 2. The Morgan fingerprint density at radius 2 is 1.86 bits per heavy atom. The number of nitrogens with one attached hydrogen (secondary N) is 2. The third kappa shape index (κ3) is 6.00. The summed E-state index contributed by atoms with van der Waals surface area (Å²) in [6.45, 7) is 6.89. The summed E-state index contributed by atoms with van der Waals surface area (Å²) in [7, 11) is 3.09. The Morgan fingerprint density at radius 3 is 2.49 bits per heavy atom. The van der Waals surface area contributed by atoms with Crippen LogP contribution in [0.15, 0.2) is 41.2 Å². The number of amides is 1. The summed E-state index contributed by atoms with van der Waals surface area (Å²) in [5, 5.41) is 3.57. The van der Waals surface area contributed by atoms with Crippen LogP contribution in [0.1, 0.15) is 38.7 Å². The molecule has 1 fully saturated rings. The van der Waals surface area contributed by atoms with Crippen LogP contribution in [-0.4, -0.2) is 54.1 Å². The van der Waals surface area contributed by atoms with Crippen LogP contribution in [0.5, 0.6) is 11.5 Å². The monoisotopic (exact) mass is 478 g/mol. The molecule has 1 saturated heterocycles. The summed E-state index contributed by atoms with van der Waals surface area (Å²) in [6.07, 6.45) is 2.53. The van der Waals surface area contributed by atoms with Crippen molar-refractivity contribution >= 4 is 16.8 Å². The molecule has 0 spiro atoms. The molecule has 8 heteroatoms. The van der Waals surface area contributed by atoms with E-state index in [2.05, 4.69) is 46.2 Å². The molecule has 3 aromatic rings. The molecule has 0 aliphatic carbocycles. The van der Waals surface area contributed by atoms with E-state index in [0.29, 0.717) is 40.6 Å². The molecule has 0 atom stereocenters. The van der Waals surface area contributed by atoms with Crippen molar-refractivity contribution in [2.24, 2.45) is 5.92 Å². The van der Waals surface area contributed by atoms with E-state index in [1.165, 1.54) is 12.7 Å². The van der Waals surface area contributed by atoms with Crippen LogP contribution in [0.2, 0.25) is 0 Å². The smallest absolute Gasteiger partial charge is 0.262 e. The van der Waals surface area contributed by atoms with Crippen molar-refractivity contribution in [3.05, 3.63) is 52.3 Å². The Hall–Kier alpha value is -3.39. The first kappa shape index (κ1) is 24.7. The fraction of sp³-hybridized carbons (Fsp3) is 0.444. The number of hydrogen-bond donors (Lipinski definition) is 2. The first-order valence-electron chi connectivity index (χ1n) is 12.1. The second-order valence-electron chi connectivity index (χ2n) is 9.55. The standard InChI is InChI=1S/C27H34N4O4/c1-17(2)13-24(32)28-20-9-11-31(12-10-20)16-18-5-7-19(8-6-18)26-29-22-14-21(34-3)15-23(35-4)25(22)27(33)30-26/h5-8,14-15,17,20H,9-13,16H2,1-4H3,(H,28,32)(H,29,30,33). The molecule has 1 aliphatic heterocycles. The zero-order chi connectivity index (χ0) is 24.9. The van der Waals surface area contributed by atoms with E-state index in [0.717, 1.165) is 38.0 Å². The van der Waals surface area contributed by atoms with Gasteiger partial charge in [-0.3, -0.25) is 14.5 Å². The van der Waals surface area contributed by atoms with Crippen LogP contribution in [0.25, 0.3) is 22.3 Å². The van der Waals surface area contributed by atoms with Gasteiger partial charge >= 0.3 is 0 Å². The van der Waals surface area contributed by atoms with Crippen molar-refractivity contribution in [1.29, 1.82) is 0 Å². The van der Waals surface area contributed by atoms with Gasteiger partial charge in [0.15, 0.2) is 0 Å². The number of piperidine rings is 1. The molecule has 186 valence electrons. The molecule has 4 rings (SSSR count). The SMILES string of the molecule is COc1cc(OC)c2c(=O)[nH]c(-c3ccc(CN4CCC(NC(=O)CC(C)C)CC4)cc3)nc2c1. The average Bonchev–Trinajstić information content (AvgIpc) is 2.84. The van der Waals surface area contributed by atoms with Crippen LogP contribution < -0.4 is 20.3 Å². The molecule has 8 nitrogen and oxygen atoms in total. The molecular weight excluding hydrogens is 444 g/mol. The minimum Gasteiger partial charge on any atom is -0.497 e. The van der Waals surface area contributed by atoms with Gasteiger partial charge in [0, 0.05) is 49.8 Å². The lowest BCUT2D eigenvalue weighted by molar-refractivity contribution is -0.122. The second-order valence-corrected chi connectivity index (χ2v) is 9.55. The Kier molecular flexibility index (Phi) is 7.70. The van der Waals surface area contributed by atoms with Crippen molar-refractivity contribution in [3.8, 4) is 22.9 Å². The molecule has 0 bridgehead atoms. The van der Waals surface area contributed by atoms with Gasteiger partial charge in [0.05, 0.1) is 19.7 Å².